The van der Waals surface area contributed by atoms with Crippen LogP contribution in [0.3, 0.4) is 0 Å². The van der Waals surface area contributed by atoms with Crippen LogP contribution in [0.2, 0.25) is 0 Å². The second-order valence-electron chi connectivity index (χ2n) is 6.31. The zero-order chi connectivity index (χ0) is 11.7. The summed E-state index contributed by atoms with van der Waals surface area (Å²) in [6.07, 6.45) is 5.44. The van der Waals surface area contributed by atoms with Crippen LogP contribution in [-0.4, -0.2) is 13.1 Å². The Morgan fingerprint density at radius 1 is 1.07 bits per heavy atom. The number of hydrogen-bond donors (Lipinski definition) is 1. The van der Waals surface area contributed by atoms with Gasteiger partial charge in [-0.2, -0.15) is 0 Å². The first kappa shape index (κ1) is 13.0. The second-order valence-corrected chi connectivity index (χ2v) is 6.31. The summed E-state index contributed by atoms with van der Waals surface area (Å²) in [6, 6.07) is 0.724. The average molecular weight is 211 g/mol. The Morgan fingerprint density at radius 2 is 1.60 bits per heavy atom. The van der Waals surface area contributed by atoms with E-state index in [1.54, 1.807) is 0 Å². The number of rotatable bonds is 6. The third-order valence-corrected chi connectivity index (χ3v) is 5.02. The van der Waals surface area contributed by atoms with Gasteiger partial charge in [0.2, 0.25) is 0 Å². The van der Waals surface area contributed by atoms with E-state index < -0.39 is 0 Å². The minimum absolute atomic E-state index is 0.521. The highest BCUT2D eigenvalue weighted by molar-refractivity contribution is 5.15. The minimum Gasteiger partial charge on any atom is -0.317 e. The molecule has 0 aromatic rings. The maximum Gasteiger partial charge on any atom is 0.0103 e. The first-order chi connectivity index (χ1) is 6.89. The number of unbranched alkanes of at least 4 members (excludes halogenated alkanes) is 2. The van der Waals surface area contributed by atoms with E-state index in [4.69, 9.17) is 0 Å². The molecule has 0 heterocycles. The zero-order valence-electron chi connectivity index (χ0n) is 11.5. The molecule has 1 atom stereocenters. The Balaban J connectivity index is 2.48. The van der Waals surface area contributed by atoms with Gasteiger partial charge in [-0.05, 0) is 30.2 Å². The summed E-state index contributed by atoms with van der Waals surface area (Å²) in [5, 5.41) is 3.53. The van der Waals surface area contributed by atoms with Crippen LogP contribution >= 0.6 is 0 Å². The van der Waals surface area contributed by atoms with Crippen molar-refractivity contribution in [3.8, 4) is 0 Å². The molecule has 1 heteroatoms. The molecule has 1 rings (SSSR count). The monoisotopic (exact) mass is 211 g/mol. The second kappa shape index (κ2) is 4.45. The lowest BCUT2D eigenvalue weighted by atomic mass is 9.98. The Bertz CT molecular complexity index is 191. The Labute approximate surface area is 96.0 Å². The highest BCUT2D eigenvalue weighted by Crippen LogP contribution is 2.69. The van der Waals surface area contributed by atoms with Crippen molar-refractivity contribution in [3.63, 3.8) is 0 Å². The third kappa shape index (κ3) is 2.22. The molecule has 90 valence electrons. The van der Waals surface area contributed by atoms with Crippen LogP contribution < -0.4 is 5.32 Å². The summed E-state index contributed by atoms with van der Waals surface area (Å²) in [5.74, 6) is 0.854. The largest absolute Gasteiger partial charge is 0.317 e. The van der Waals surface area contributed by atoms with Crippen LogP contribution in [0.15, 0.2) is 0 Å². The summed E-state index contributed by atoms with van der Waals surface area (Å²) in [7, 11) is 2.13. The Kier molecular flexibility index (Phi) is 3.86. The van der Waals surface area contributed by atoms with Crippen molar-refractivity contribution in [3.05, 3.63) is 0 Å². The van der Waals surface area contributed by atoms with E-state index in [0.29, 0.717) is 10.8 Å². The van der Waals surface area contributed by atoms with Gasteiger partial charge in [0.05, 0.1) is 0 Å². The molecule has 0 bridgehead atoms. The van der Waals surface area contributed by atoms with Crippen molar-refractivity contribution < 1.29 is 0 Å². The first-order valence-corrected chi connectivity index (χ1v) is 6.56. The van der Waals surface area contributed by atoms with Gasteiger partial charge in [-0.25, -0.2) is 0 Å². The Morgan fingerprint density at radius 3 is 1.93 bits per heavy atom. The van der Waals surface area contributed by atoms with E-state index in [2.05, 4.69) is 47.0 Å². The Hall–Kier alpha value is -0.0400. The fourth-order valence-electron chi connectivity index (χ4n) is 3.35. The fourth-order valence-corrected chi connectivity index (χ4v) is 3.35. The van der Waals surface area contributed by atoms with Gasteiger partial charge in [0.1, 0.15) is 0 Å². The van der Waals surface area contributed by atoms with Gasteiger partial charge in [-0.3, -0.25) is 0 Å². The number of hydrogen-bond acceptors (Lipinski definition) is 1. The van der Waals surface area contributed by atoms with Crippen molar-refractivity contribution in [2.24, 2.45) is 16.7 Å². The smallest absolute Gasteiger partial charge is 0.0103 e. The molecule has 0 aromatic heterocycles. The van der Waals surface area contributed by atoms with Crippen molar-refractivity contribution in [1.29, 1.82) is 0 Å². The van der Waals surface area contributed by atoms with Crippen molar-refractivity contribution in [1.82, 2.24) is 5.32 Å². The molecule has 0 saturated heterocycles. The quantitative estimate of drug-likeness (QED) is 0.658. The molecule has 1 aliphatic carbocycles. The van der Waals surface area contributed by atoms with Gasteiger partial charge in [-0.1, -0.05) is 53.9 Å². The molecule has 1 N–H and O–H groups in total. The molecule has 0 aromatic carbocycles. The maximum absolute atomic E-state index is 3.53. The fraction of sp³-hybridized carbons (Fsp3) is 1.00. The summed E-state index contributed by atoms with van der Waals surface area (Å²) >= 11 is 0. The van der Waals surface area contributed by atoms with Gasteiger partial charge >= 0.3 is 0 Å². The van der Waals surface area contributed by atoms with Crippen molar-refractivity contribution in [2.45, 2.75) is 66.3 Å². The topological polar surface area (TPSA) is 12.0 Å². The molecular weight excluding hydrogens is 182 g/mol. The first-order valence-electron chi connectivity index (χ1n) is 6.56. The lowest BCUT2D eigenvalue weighted by molar-refractivity contribution is 0.387. The molecule has 1 nitrogen and oxygen atoms in total. The van der Waals surface area contributed by atoms with Gasteiger partial charge in [0.15, 0.2) is 0 Å². The summed E-state index contributed by atoms with van der Waals surface area (Å²) in [4.78, 5) is 0. The molecule has 1 saturated carbocycles. The van der Waals surface area contributed by atoms with Crippen LogP contribution in [0, 0.1) is 16.7 Å². The molecule has 1 aliphatic rings. The molecule has 0 aliphatic heterocycles. The molecule has 0 amide bonds. The lowest BCUT2D eigenvalue weighted by Crippen LogP contribution is -2.30. The van der Waals surface area contributed by atoms with E-state index in [-0.39, 0.29) is 0 Å². The van der Waals surface area contributed by atoms with Crippen LogP contribution in [0.5, 0.6) is 0 Å². The predicted octanol–water partition coefficient (Wildman–Crippen LogP) is 3.84. The van der Waals surface area contributed by atoms with E-state index >= 15 is 0 Å². The van der Waals surface area contributed by atoms with Crippen LogP contribution in [0.25, 0.3) is 0 Å². The molecular formula is C14H29N. The molecule has 1 fully saturated rings. The van der Waals surface area contributed by atoms with E-state index in [1.807, 2.05) is 0 Å². The zero-order valence-corrected chi connectivity index (χ0v) is 11.5. The summed E-state index contributed by atoms with van der Waals surface area (Å²) in [5.41, 5.74) is 1.04. The van der Waals surface area contributed by atoms with Crippen molar-refractivity contribution >= 4 is 0 Å². The highest BCUT2D eigenvalue weighted by atomic mass is 14.9. The summed E-state index contributed by atoms with van der Waals surface area (Å²) in [6.45, 7) is 12.0. The SMILES string of the molecule is CCCCCC(NC)C1C(C)(C)C1(C)C. The van der Waals surface area contributed by atoms with Crippen LogP contribution in [0.4, 0.5) is 0 Å². The van der Waals surface area contributed by atoms with Gasteiger partial charge in [0.25, 0.3) is 0 Å². The van der Waals surface area contributed by atoms with E-state index in [9.17, 15) is 0 Å². The molecule has 0 radical (unpaired) electrons. The minimum atomic E-state index is 0.521. The van der Waals surface area contributed by atoms with Crippen molar-refractivity contribution in [2.75, 3.05) is 7.05 Å². The number of nitrogens with one attached hydrogen (secondary N) is 1. The summed E-state index contributed by atoms with van der Waals surface area (Å²) < 4.78 is 0. The maximum atomic E-state index is 3.53. The van der Waals surface area contributed by atoms with Crippen LogP contribution in [-0.2, 0) is 0 Å². The predicted molar refractivity (Wildman–Crippen MR) is 68.0 cm³/mol. The molecule has 1 unspecified atom stereocenters. The lowest BCUT2D eigenvalue weighted by Gasteiger charge is -2.18. The van der Waals surface area contributed by atoms with Gasteiger partial charge in [-0.15, -0.1) is 0 Å². The molecule has 0 spiro atoms. The normalized spacial score (nSPS) is 25.2. The molecule has 15 heavy (non-hydrogen) atoms. The highest BCUT2D eigenvalue weighted by Gasteiger charge is 2.66. The third-order valence-electron chi connectivity index (χ3n) is 5.02. The average Bonchev–Trinajstić information content (AvgIpc) is 2.54. The van der Waals surface area contributed by atoms with E-state index in [0.717, 1.165) is 12.0 Å². The standard InChI is InChI=1S/C14H29N/c1-7-8-9-10-11(15-6)12-13(2,3)14(12,4)5/h11-12,15H,7-10H2,1-6H3. The van der Waals surface area contributed by atoms with E-state index in [1.165, 1.54) is 25.7 Å². The van der Waals surface area contributed by atoms with Gasteiger partial charge < -0.3 is 5.32 Å². The van der Waals surface area contributed by atoms with Gasteiger partial charge in [0, 0.05) is 6.04 Å². The van der Waals surface area contributed by atoms with Crippen LogP contribution in [0.1, 0.15) is 60.3 Å².